The van der Waals surface area contributed by atoms with Crippen molar-refractivity contribution in [2.45, 2.75) is 25.2 Å². The van der Waals surface area contributed by atoms with Crippen molar-refractivity contribution in [2.24, 2.45) is 0 Å². The number of amides is 1. The molecular weight excluding hydrogens is 340 g/mol. The highest BCUT2D eigenvalue weighted by molar-refractivity contribution is 5.94. The first kappa shape index (κ1) is 16.2. The van der Waals surface area contributed by atoms with Crippen LogP contribution in [-0.4, -0.2) is 56.9 Å². The van der Waals surface area contributed by atoms with Gasteiger partial charge in [0.15, 0.2) is 11.6 Å². The molecule has 7 nitrogen and oxygen atoms in total. The molecule has 1 aromatic carbocycles. The number of carbonyl (C=O) groups excluding carboxylic acids is 1. The van der Waals surface area contributed by atoms with Crippen LogP contribution in [0.15, 0.2) is 36.7 Å². The number of likely N-dealkylation sites (tertiary alicyclic amines) is 1. The van der Waals surface area contributed by atoms with Gasteiger partial charge in [0.2, 0.25) is 0 Å². The van der Waals surface area contributed by atoms with Crippen LogP contribution in [0.4, 0.5) is 5.82 Å². The fourth-order valence-corrected chi connectivity index (χ4v) is 4.00. The zero-order valence-electron chi connectivity index (χ0n) is 15.1. The smallest absolute Gasteiger partial charge is 0.289 e. The number of benzene rings is 1. The van der Waals surface area contributed by atoms with Gasteiger partial charge in [-0.1, -0.05) is 12.1 Å². The van der Waals surface area contributed by atoms with Gasteiger partial charge in [0.05, 0.1) is 16.7 Å². The number of aromatic amines is 1. The van der Waals surface area contributed by atoms with E-state index < -0.39 is 0 Å². The van der Waals surface area contributed by atoms with E-state index >= 15 is 0 Å². The molecule has 1 N–H and O–H groups in total. The summed E-state index contributed by atoms with van der Waals surface area (Å²) in [6, 6.07) is 7.70. The summed E-state index contributed by atoms with van der Waals surface area (Å²) in [5, 5.41) is 0. The number of piperidine rings is 1. The lowest BCUT2D eigenvalue weighted by Crippen LogP contribution is -2.49. The molecule has 2 aliphatic heterocycles. The number of H-pyrrole nitrogens is 1. The molecule has 2 fully saturated rings. The Labute approximate surface area is 157 Å². The molecule has 2 aromatic heterocycles. The van der Waals surface area contributed by atoms with Gasteiger partial charge in [0.1, 0.15) is 0 Å². The first-order valence-corrected chi connectivity index (χ1v) is 9.59. The largest absolute Gasteiger partial charge is 0.355 e. The first-order valence-electron chi connectivity index (χ1n) is 9.59. The lowest BCUT2D eigenvalue weighted by atomic mass is 9.95. The Bertz CT molecular complexity index is 938. The molecule has 7 heteroatoms. The van der Waals surface area contributed by atoms with Gasteiger partial charge < -0.3 is 14.8 Å². The van der Waals surface area contributed by atoms with Gasteiger partial charge in [-0.3, -0.25) is 9.78 Å². The quantitative estimate of drug-likeness (QED) is 0.775. The Morgan fingerprint density at radius 2 is 1.81 bits per heavy atom. The van der Waals surface area contributed by atoms with Crippen LogP contribution in [0, 0.1) is 0 Å². The number of anilines is 1. The third kappa shape index (κ3) is 2.93. The summed E-state index contributed by atoms with van der Waals surface area (Å²) in [6.45, 7) is 3.41. The van der Waals surface area contributed by atoms with Crippen molar-refractivity contribution in [3.05, 3.63) is 48.2 Å². The molecule has 0 atom stereocenters. The predicted octanol–water partition coefficient (Wildman–Crippen LogP) is 2.58. The highest BCUT2D eigenvalue weighted by Crippen LogP contribution is 2.33. The summed E-state index contributed by atoms with van der Waals surface area (Å²) >= 11 is 0. The molecule has 0 saturated carbocycles. The van der Waals surface area contributed by atoms with Crippen molar-refractivity contribution in [3.63, 3.8) is 0 Å². The van der Waals surface area contributed by atoms with E-state index in [0.29, 0.717) is 18.9 Å². The van der Waals surface area contributed by atoms with Crippen molar-refractivity contribution >= 4 is 22.8 Å². The number of nitrogens with zero attached hydrogens (tertiary/aromatic N) is 5. The van der Waals surface area contributed by atoms with Crippen molar-refractivity contribution in [2.75, 3.05) is 31.1 Å². The van der Waals surface area contributed by atoms with Crippen LogP contribution in [0.1, 0.15) is 41.5 Å². The molecule has 0 radical (unpaired) electrons. The van der Waals surface area contributed by atoms with Crippen molar-refractivity contribution < 1.29 is 4.79 Å². The predicted molar refractivity (Wildman–Crippen MR) is 103 cm³/mol. The van der Waals surface area contributed by atoms with Crippen molar-refractivity contribution in [1.82, 2.24) is 24.8 Å². The third-order valence-corrected chi connectivity index (χ3v) is 5.51. The van der Waals surface area contributed by atoms with Gasteiger partial charge in [-0.15, -0.1) is 0 Å². The van der Waals surface area contributed by atoms with E-state index in [-0.39, 0.29) is 11.8 Å². The fourth-order valence-electron chi connectivity index (χ4n) is 4.00. The van der Waals surface area contributed by atoms with Crippen LogP contribution in [0.25, 0.3) is 11.0 Å². The Hall–Kier alpha value is -2.96. The van der Waals surface area contributed by atoms with Gasteiger partial charge in [-0.25, -0.2) is 9.97 Å². The number of hydrogen-bond donors (Lipinski definition) is 1. The summed E-state index contributed by atoms with van der Waals surface area (Å²) < 4.78 is 0. The van der Waals surface area contributed by atoms with E-state index in [1.165, 1.54) is 19.3 Å². The molecule has 0 unspecified atom stereocenters. The number of fused-ring (bicyclic) bond motifs is 1. The van der Waals surface area contributed by atoms with Crippen LogP contribution >= 0.6 is 0 Å². The van der Waals surface area contributed by atoms with Crippen LogP contribution in [0.3, 0.4) is 0 Å². The second-order valence-corrected chi connectivity index (χ2v) is 7.32. The lowest BCUT2D eigenvalue weighted by Gasteiger charge is -2.40. The average molecular weight is 362 g/mol. The minimum atomic E-state index is -0.0501. The lowest BCUT2D eigenvalue weighted by molar-refractivity contribution is 0.0587. The number of nitrogens with one attached hydrogen (secondary N) is 1. The number of para-hydroxylation sites is 2. The van der Waals surface area contributed by atoms with E-state index in [4.69, 9.17) is 0 Å². The molecule has 0 aliphatic carbocycles. The highest BCUT2D eigenvalue weighted by Gasteiger charge is 2.36. The minimum Gasteiger partial charge on any atom is -0.355 e. The molecular formula is C20H22N6O. The van der Waals surface area contributed by atoms with Gasteiger partial charge in [-0.05, 0) is 31.4 Å². The summed E-state index contributed by atoms with van der Waals surface area (Å²) in [4.78, 5) is 33.7. The van der Waals surface area contributed by atoms with E-state index in [1.807, 2.05) is 29.2 Å². The molecule has 3 aromatic rings. The number of aromatic nitrogens is 4. The van der Waals surface area contributed by atoms with Crippen LogP contribution in [0.5, 0.6) is 0 Å². The molecule has 1 amide bonds. The molecule has 27 heavy (non-hydrogen) atoms. The molecule has 138 valence electrons. The van der Waals surface area contributed by atoms with Crippen molar-refractivity contribution in [1.29, 1.82) is 0 Å². The SMILES string of the molecule is O=C(c1nc2ccccc2[nH]1)N1CC(c2nccnc2N2CCCCC2)C1. The monoisotopic (exact) mass is 362 g/mol. The van der Waals surface area contributed by atoms with Gasteiger partial charge in [0, 0.05) is 44.5 Å². The Morgan fingerprint density at radius 3 is 2.63 bits per heavy atom. The van der Waals surface area contributed by atoms with Crippen LogP contribution in [-0.2, 0) is 0 Å². The molecule has 2 aliphatic rings. The molecule has 0 bridgehead atoms. The minimum absolute atomic E-state index is 0.0501. The molecule has 2 saturated heterocycles. The van der Waals surface area contributed by atoms with Crippen LogP contribution < -0.4 is 4.90 Å². The normalized spacial score (nSPS) is 17.9. The number of hydrogen-bond acceptors (Lipinski definition) is 5. The maximum atomic E-state index is 12.7. The summed E-state index contributed by atoms with van der Waals surface area (Å²) in [6.07, 6.45) is 7.22. The van der Waals surface area contributed by atoms with E-state index in [9.17, 15) is 4.79 Å². The van der Waals surface area contributed by atoms with E-state index in [1.54, 1.807) is 12.4 Å². The molecule has 0 spiro atoms. The highest BCUT2D eigenvalue weighted by atomic mass is 16.2. The van der Waals surface area contributed by atoms with Crippen LogP contribution in [0.2, 0.25) is 0 Å². The number of imidazole rings is 1. The standard InChI is InChI=1S/C20H22N6O/c27-20(18-23-15-6-2-3-7-16(15)24-18)26-12-14(13-26)17-19(22-9-8-21-17)25-10-4-1-5-11-25/h2-3,6-9,14H,1,4-5,10-13H2,(H,23,24). The Morgan fingerprint density at radius 1 is 1.04 bits per heavy atom. The summed E-state index contributed by atoms with van der Waals surface area (Å²) in [5.41, 5.74) is 2.73. The molecule has 4 heterocycles. The number of carbonyl (C=O) groups is 1. The van der Waals surface area contributed by atoms with Gasteiger partial charge in [-0.2, -0.15) is 0 Å². The van der Waals surface area contributed by atoms with Gasteiger partial charge >= 0.3 is 0 Å². The Balaban J connectivity index is 1.31. The van der Waals surface area contributed by atoms with Crippen molar-refractivity contribution in [3.8, 4) is 0 Å². The second kappa shape index (κ2) is 6.64. The maximum absolute atomic E-state index is 12.7. The summed E-state index contributed by atoms with van der Waals surface area (Å²) in [5.74, 6) is 1.60. The zero-order chi connectivity index (χ0) is 18.2. The second-order valence-electron chi connectivity index (χ2n) is 7.32. The average Bonchev–Trinajstić information content (AvgIpc) is 3.12. The summed E-state index contributed by atoms with van der Waals surface area (Å²) in [7, 11) is 0. The zero-order valence-corrected chi connectivity index (χ0v) is 15.1. The molecule has 5 rings (SSSR count). The first-order chi connectivity index (χ1) is 13.3. The van der Waals surface area contributed by atoms with E-state index in [0.717, 1.165) is 35.6 Å². The third-order valence-electron chi connectivity index (χ3n) is 5.51. The topological polar surface area (TPSA) is 78.0 Å². The number of rotatable bonds is 3. The Kier molecular flexibility index (Phi) is 3.99. The fraction of sp³-hybridized carbons (Fsp3) is 0.400. The van der Waals surface area contributed by atoms with Gasteiger partial charge in [0.25, 0.3) is 5.91 Å². The maximum Gasteiger partial charge on any atom is 0.289 e. The van der Waals surface area contributed by atoms with E-state index in [2.05, 4.69) is 24.8 Å².